The number of rotatable bonds is 5. The molecule has 0 fully saturated rings. The van der Waals surface area contributed by atoms with Crippen LogP contribution >= 0.6 is 0 Å². The summed E-state index contributed by atoms with van der Waals surface area (Å²) in [6.07, 6.45) is 0. The van der Waals surface area contributed by atoms with Crippen molar-refractivity contribution in [1.29, 1.82) is 0 Å². The number of H-pyrrole nitrogens is 1. The lowest BCUT2D eigenvalue weighted by atomic mass is 10.2. The second-order valence-electron chi connectivity index (χ2n) is 4.36. The lowest BCUT2D eigenvalue weighted by molar-refractivity contribution is 0.273. The van der Waals surface area contributed by atoms with Gasteiger partial charge in [-0.15, -0.1) is 0 Å². The number of hydrogen-bond donors (Lipinski definition) is 3. The molecule has 9 heteroatoms. The molecule has 0 aliphatic heterocycles. The zero-order valence-electron chi connectivity index (χ0n) is 11.0. The third-order valence-corrected chi connectivity index (χ3v) is 4.43. The van der Waals surface area contributed by atoms with E-state index in [1.807, 2.05) is 0 Å². The monoisotopic (exact) mass is 317 g/mol. The summed E-state index contributed by atoms with van der Waals surface area (Å²) in [5.41, 5.74) is 0.534. The van der Waals surface area contributed by atoms with Crippen molar-refractivity contribution >= 4 is 10.0 Å². The fraction of sp³-hybridized carbons (Fsp3) is 0.250. The molecule has 1 aromatic heterocycles. The number of aliphatic hydroxyl groups is 1. The van der Waals surface area contributed by atoms with Crippen molar-refractivity contribution < 1.29 is 22.3 Å². The van der Waals surface area contributed by atoms with Crippen LogP contribution in [0.5, 0.6) is 0 Å². The topological polar surface area (TPSA) is 95.1 Å². The Kier molecular flexibility index (Phi) is 4.35. The number of halogens is 2. The maximum Gasteiger partial charge on any atom is 0.244 e. The van der Waals surface area contributed by atoms with Crippen LogP contribution in [0.4, 0.5) is 8.78 Å². The first-order valence-corrected chi connectivity index (χ1v) is 7.41. The van der Waals surface area contributed by atoms with Gasteiger partial charge in [-0.05, 0) is 24.6 Å². The van der Waals surface area contributed by atoms with Crippen molar-refractivity contribution in [2.45, 2.75) is 25.0 Å². The molecule has 1 aromatic carbocycles. The molecule has 0 atom stereocenters. The molecule has 3 N–H and O–H groups in total. The molecule has 2 aromatic rings. The third-order valence-electron chi connectivity index (χ3n) is 2.83. The van der Waals surface area contributed by atoms with E-state index in [9.17, 15) is 17.2 Å². The Balaban J connectivity index is 2.21. The SMILES string of the molecule is Cc1[nH]nc(CO)c1S(=O)(=O)NCc1ccc(F)c(F)c1. The molecule has 0 spiro atoms. The number of sulfonamides is 1. The second-order valence-corrected chi connectivity index (χ2v) is 6.06. The Hall–Kier alpha value is -1.84. The van der Waals surface area contributed by atoms with Gasteiger partial charge in [-0.1, -0.05) is 6.07 Å². The number of nitrogens with zero attached hydrogens (tertiary/aromatic N) is 1. The van der Waals surface area contributed by atoms with E-state index in [1.54, 1.807) is 0 Å². The average Bonchev–Trinajstić information content (AvgIpc) is 2.82. The Morgan fingerprint density at radius 1 is 1.33 bits per heavy atom. The highest BCUT2D eigenvalue weighted by Gasteiger charge is 2.23. The van der Waals surface area contributed by atoms with E-state index in [0.717, 1.165) is 12.1 Å². The van der Waals surface area contributed by atoms with Crippen molar-refractivity contribution in [2.24, 2.45) is 0 Å². The Morgan fingerprint density at radius 2 is 2.05 bits per heavy atom. The van der Waals surface area contributed by atoms with E-state index in [-0.39, 0.29) is 28.4 Å². The van der Waals surface area contributed by atoms with E-state index in [0.29, 0.717) is 0 Å². The molecule has 0 saturated heterocycles. The summed E-state index contributed by atoms with van der Waals surface area (Å²) in [6, 6.07) is 3.10. The fourth-order valence-electron chi connectivity index (χ4n) is 1.83. The number of hydrogen-bond acceptors (Lipinski definition) is 4. The molecule has 0 amide bonds. The van der Waals surface area contributed by atoms with Crippen LogP contribution in [-0.4, -0.2) is 23.7 Å². The molecule has 114 valence electrons. The van der Waals surface area contributed by atoms with Gasteiger partial charge < -0.3 is 5.11 Å². The lowest BCUT2D eigenvalue weighted by Gasteiger charge is -2.07. The van der Waals surface area contributed by atoms with E-state index in [2.05, 4.69) is 14.9 Å². The summed E-state index contributed by atoms with van der Waals surface area (Å²) in [5.74, 6) is -2.06. The van der Waals surface area contributed by atoms with E-state index in [4.69, 9.17) is 5.11 Å². The molecular weight excluding hydrogens is 304 g/mol. The van der Waals surface area contributed by atoms with Crippen LogP contribution < -0.4 is 4.72 Å². The number of aromatic amines is 1. The van der Waals surface area contributed by atoms with Crippen LogP contribution in [0.1, 0.15) is 17.0 Å². The second kappa shape index (κ2) is 5.88. The molecule has 0 radical (unpaired) electrons. The standard InChI is InChI=1S/C12H13F2N3O3S/c1-7-12(11(6-18)17-16-7)21(19,20)15-5-8-2-3-9(13)10(14)4-8/h2-4,15,18H,5-6H2,1H3,(H,16,17). The molecule has 0 saturated carbocycles. The Morgan fingerprint density at radius 3 is 2.67 bits per heavy atom. The molecule has 0 unspecified atom stereocenters. The average molecular weight is 317 g/mol. The van der Waals surface area contributed by atoms with Gasteiger partial charge in [-0.2, -0.15) is 5.10 Å². The van der Waals surface area contributed by atoms with Gasteiger partial charge in [0.15, 0.2) is 11.6 Å². The molecule has 2 rings (SSSR count). The van der Waals surface area contributed by atoms with Crippen molar-refractivity contribution in [3.63, 3.8) is 0 Å². The predicted molar refractivity (Wildman–Crippen MR) is 69.6 cm³/mol. The van der Waals surface area contributed by atoms with Gasteiger partial charge in [0.05, 0.1) is 12.3 Å². The van der Waals surface area contributed by atoms with Crippen LogP contribution in [0.15, 0.2) is 23.1 Å². The van der Waals surface area contributed by atoms with Gasteiger partial charge in [0.25, 0.3) is 0 Å². The van der Waals surface area contributed by atoms with E-state index < -0.39 is 28.3 Å². The van der Waals surface area contributed by atoms with Gasteiger partial charge >= 0.3 is 0 Å². The Labute approximate surface area is 119 Å². The number of aliphatic hydroxyl groups excluding tert-OH is 1. The minimum Gasteiger partial charge on any atom is -0.390 e. The summed E-state index contributed by atoms with van der Waals surface area (Å²) in [4.78, 5) is -0.146. The zero-order chi connectivity index (χ0) is 15.6. The normalized spacial score (nSPS) is 11.8. The van der Waals surface area contributed by atoms with Gasteiger partial charge in [-0.3, -0.25) is 5.10 Å². The molecular formula is C12H13F2N3O3S. The minimum absolute atomic E-state index is 0.00899. The first-order valence-electron chi connectivity index (χ1n) is 5.93. The van der Waals surface area contributed by atoms with Crippen LogP contribution in [0.3, 0.4) is 0 Å². The van der Waals surface area contributed by atoms with E-state index >= 15 is 0 Å². The summed E-state index contributed by atoms with van der Waals surface area (Å²) in [6.45, 7) is 0.749. The summed E-state index contributed by atoms with van der Waals surface area (Å²) in [7, 11) is -3.93. The number of aryl methyl sites for hydroxylation is 1. The molecule has 1 heterocycles. The summed E-state index contributed by atoms with van der Waals surface area (Å²) >= 11 is 0. The molecule has 0 aliphatic rings. The fourth-order valence-corrected chi connectivity index (χ4v) is 3.20. The summed E-state index contributed by atoms with van der Waals surface area (Å²) in [5, 5.41) is 15.2. The molecule has 6 nitrogen and oxygen atoms in total. The third kappa shape index (κ3) is 3.26. The maximum atomic E-state index is 13.1. The van der Waals surface area contributed by atoms with Crippen molar-refractivity contribution in [3.05, 3.63) is 46.8 Å². The highest BCUT2D eigenvalue weighted by molar-refractivity contribution is 7.89. The predicted octanol–water partition coefficient (Wildman–Crippen LogP) is 0.967. The molecule has 0 aliphatic carbocycles. The maximum absolute atomic E-state index is 13.1. The highest BCUT2D eigenvalue weighted by Crippen LogP contribution is 2.18. The highest BCUT2D eigenvalue weighted by atomic mass is 32.2. The zero-order valence-corrected chi connectivity index (χ0v) is 11.8. The largest absolute Gasteiger partial charge is 0.390 e. The Bertz CT molecular complexity index is 759. The molecule has 21 heavy (non-hydrogen) atoms. The van der Waals surface area contributed by atoms with Crippen molar-refractivity contribution in [3.8, 4) is 0 Å². The quantitative estimate of drug-likeness (QED) is 0.766. The number of aromatic nitrogens is 2. The lowest BCUT2D eigenvalue weighted by Crippen LogP contribution is -2.24. The first kappa shape index (κ1) is 15.5. The number of benzene rings is 1. The smallest absolute Gasteiger partial charge is 0.244 e. The van der Waals surface area contributed by atoms with Gasteiger partial charge in [0.2, 0.25) is 10.0 Å². The summed E-state index contributed by atoms with van der Waals surface area (Å²) < 4.78 is 52.4. The molecule has 0 bridgehead atoms. The van der Waals surface area contributed by atoms with Gasteiger partial charge in [0.1, 0.15) is 10.6 Å². The van der Waals surface area contributed by atoms with Crippen LogP contribution in [0.2, 0.25) is 0 Å². The van der Waals surface area contributed by atoms with Gasteiger partial charge in [0, 0.05) is 6.54 Å². The van der Waals surface area contributed by atoms with Crippen LogP contribution in [0, 0.1) is 18.6 Å². The van der Waals surface area contributed by atoms with Gasteiger partial charge in [-0.25, -0.2) is 21.9 Å². The van der Waals surface area contributed by atoms with Crippen LogP contribution in [-0.2, 0) is 23.2 Å². The van der Waals surface area contributed by atoms with Crippen molar-refractivity contribution in [1.82, 2.24) is 14.9 Å². The first-order chi connectivity index (χ1) is 9.85. The van der Waals surface area contributed by atoms with Crippen LogP contribution in [0.25, 0.3) is 0 Å². The minimum atomic E-state index is -3.93. The van der Waals surface area contributed by atoms with E-state index in [1.165, 1.54) is 13.0 Å². The number of nitrogens with one attached hydrogen (secondary N) is 2. The van der Waals surface area contributed by atoms with Crippen molar-refractivity contribution in [2.75, 3.05) is 0 Å².